The van der Waals surface area contributed by atoms with Crippen molar-refractivity contribution in [2.75, 3.05) is 32.8 Å². The van der Waals surface area contributed by atoms with Gasteiger partial charge in [0.25, 0.3) is 0 Å². The van der Waals surface area contributed by atoms with E-state index in [1.807, 2.05) is 35.2 Å². The molecule has 0 aliphatic carbocycles. The smallest absolute Gasteiger partial charge is 0.223 e. The van der Waals surface area contributed by atoms with E-state index in [4.69, 9.17) is 10.5 Å². The number of hydrogen-bond acceptors (Lipinski definition) is 3. The van der Waals surface area contributed by atoms with Crippen molar-refractivity contribution in [3.05, 3.63) is 35.9 Å². The van der Waals surface area contributed by atoms with Crippen molar-refractivity contribution in [2.24, 2.45) is 5.73 Å². The van der Waals surface area contributed by atoms with Gasteiger partial charge in [-0.15, -0.1) is 0 Å². The van der Waals surface area contributed by atoms with Gasteiger partial charge in [0.1, 0.15) is 0 Å². The molecule has 1 aliphatic rings. The minimum absolute atomic E-state index is 0.113. The molecule has 4 heteroatoms. The summed E-state index contributed by atoms with van der Waals surface area (Å²) in [7, 11) is 0. The van der Waals surface area contributed by atoms with E-state index >= 15 is 0 Å². The van der Waals surface area contributed by atoms with E-state index in [-0.39, 0.29) is 11.8 Å². The van der Waals surface area contributed by atoms with Crippen LogP contribution >= 0.6 is 0 Å². The SMILES string of the molecule is NC[C@H](CC(=O)N1CCOCC1)c1ccccc1. The first-order valence-corrected chi connectivity index (χ1v) is 6.42. The van der Waals surface area contributed by atoms with E-state index in [2.05, 4.69) is 0 Å². The summed E-state index contributed by atoms with van der Waals surface area (Å²) >= 11 is 0. The van der Waals surface area contributed by atoms with E-state index in [9.17, 15) is 4.79 Å². The highest BCUT2D eigenvalue weighted by molar-refractivity contribution is 5.77. The van der Waals surface area contributed by atoms with Gasteiger partial charge in [-0.3, -0.25) is 4.79 Å². The number of rotatable bonds is 4. The molecular weight excluding hydrogens is 228 g/mol. The van der Waals surface area contributed by atoms with Crippen molar-refractivity contribution in [2.45, 2.75) is 12.3 Å². The van der Waals surface area contributed by atoms with Crippen LogP contribution in [-0.4, -0.2) is 43.7 Å². The third-order valence-electron chi connectivity index (χ3n) is 3.34. The molecule has 4 nitrogen and oxygen atoms in total. The second kappa shape index (κ2) is 6.52. The van der Waals surface area contributed by atoms with Crippen molar-refractivity contribution >= 4 is 5.91 Å². The van der Waals surface area contributed by atoms with Crippen LogP contribution in [0.1, 0.15) is 17.9 Å². The molecule has 1 amide bonds. The number of carbonyl (C=O) groups is 1. The molecule has 1 atom stereocenters. The van der Waals surface area contributed by atoms with Crippen LogP contribution in [0.3, 0.4) is 0 Å². The van der Waals surface area contributed by atoms with Gasteiger partial charge in [-0.25, -0.2) is 0 Å². The molecule has 0 bridgehead atoms. The molecule has 1 heterocycles. The quantitative estimate of drug-likeness (QED) is 0.864. The molecule has 18 heavy (non-hydrogen) atoms. The highest BCUT2D eigenvalue weighted by Gasteiger charge is 2.21. The maximum absolute atomic E-state index is 12.2. The minimum atomic E-state index is 0.113. The van der Waals surface area contributed by atoms with Gasteiger partial charge >= 0.3 is 0 Å². The first-order valence-electron chi connectivity index (χ1n) is 6.42. The lowest BCUT2D eigenvalue weighted by Gasteiger charge is -2.28. The van der Waals surface area contributed by atoms with Crippen LogP contribution in [0.2, 0.25) is 0 Å². The standard InChI is InChI=1S/C14H20N2O2/c15-11-13(12-4-2-1-3-5-12)10-14(17)16-6-8-18-9-7-16/h1-5,13H,6-11,15H2/t13-/m0/s1. The Labute approximate surface area is 108 Å². The molecule has 0 spiro atoms. The van der Waals surface area contributed by atoms with E-state index < -0.39 is 0 Å². The molecule has 0 unspecified atom stereocenters. The average Bonchev–Trinajstić information content (AvgIpc) is 2.46. The Bertz CT molecular complexity index is 375. The Balaban J connectivity index is 1.95. The molecule has 98 valence electrons. The molecule has 0 aromatic heterocycles. The molecule has 1 aliphatic heterocycles. The van der Waals surface area contributed by atoms with Gasteiger partial charge in [-0.05, 0) is 12.1 Å². The highest BCUT2D eigenvalue weighted by atomic mass is 16.5. The lowest BCUT2D eigenvalue weighted by molar-refractivity contribution is -0.135. The van der Waals surface area contributed by atoms with Crippen molar-refractivity contribution in [1.82, 2.24) is 4.90 Å². The van der Waals surface area contributed by atoms with Crippen molar-refractivity contribution < 1.29 is 9.53 Å². The zero-order chi connectivity index (χ0) is 12.8. The fourth-order valence-corrected chi connectivity index (χ4v) is 2.22. The van der Waals surface area contributed by atoms with Gasteiger partial charge < -0.3 is 15.4 Å². The molecule has 0 saturated carbocycles. The van der Waals surface area contributed by atoms with Crippen LogP contribution in [0.25, 0.3) is 0 Å². The maximum atomic E-state index is 12.2. The van der Waals surface area contributed by atoms with E-state index in [0.29, 0.717) is 39.3 Å². The van der Waals surface area contributed by atoms with Gasteiger partial charge in [-0.1, -0.05) is 30.3 Å². The Hall–Kier alpha value is -1.39. The highest BCUT2D eigenvalue weighted by Crippen LogP contribution is 2.19. The van der Waals surface area contributed by atoms with Gasteiger partial charge in [0.2, 0.25) is 5.91 Å². The Morgan fingerprint density at radius 1 is 1.28 bits per heavy atom. The summed E-state index contributed by atoms with van der Waals surface area (Å²) in [5.41, 5.74) is 6.93. The van der Waals surface area contributed by atoms with E-state index in [1.165, 1.54) is 0 Å². The fraction of sp³-hybridized carbons (Fsp3) is 0.500. The summed E-state index contributed by atoms with van der Waals surface area (Å²) < 4.78 is 5.25. The first kappa shape index (κ1) is 13.1. The van der Waals surface area contributed by atoms with Crippen LogP contribution in [0, 0.1) is 0 Å². The molecule has 2 rings (SSSR count). The summed E-state index contributed by atoms with van der Waals surface area (Å²) in [4.78, 5) is 14.0. The normalized spacial score (nSPS) is 17.5. The molecule has 1 aromatic rings. The number of carbonyl (C=O) groups excluding carboxylic acids is 1. The Kier molecular flexibility index (Phi) is 4.73. The molecular formula is C14H20N2O2. The molecule has 1 fully saturated rings. The zero-order valence-corrected chi connectivity index (χ0v) is 10.5. The maximum Gasteiger partial charge on any atom is 0.223 e. The predicted octanol–water partition coefficient (Wildman–Crippen LogP) is 0.978. The van der Waals surface area contributed by atoms with Crippen LogP contribution in [0.4, 0.5) is 0 Å². The fourth-order valence-electron chi connectivity index (χ4n) is 2.22. The zero-order valence-electron chi connectivity index (χ0n) is 10.5. The Morgan fingerprint density at radius 2 is 1.94 bits per heavy atom. The van der Waals surface area contributed by atoms with Crippen LogP contribution < -0.4 is 5.73 Å². The van der Waals surface area contributed by atoms with Gasteiger partial charge in [-0.2, -0.15) is 0 Å². The topological polar surface area (TPSA) is 55.6 Å². The van der Waals surface area contributed by atoms with E-state index in [1.54, 1.807) is 0 Å². The number of amides is 1. The van der Waals surface area contributed by atoms with Crippen LogP contribution in [0.5, 0.6) is 0 Å². The second-order valence-electron chi connectivity index (χ2n) is 4.54. The number of morpholine rings is 1. The predicted molar refractivity (Wildman–Crippen MR) is 70.3 cm³/mol. The Morgan fingerprint density at radius 3 is 2.56 bits per heavy atom. The van der Waals surface area contributed by atoms with Crippen molar-refractivity contribution in [3.63, 3.8) is 0 Å². The molecule has 1 aromatic carbocycles. The number of benzene rings is 1. The van der Waals surface area contributed by atoms with Crippen LogP contribution in [0.15, 0.2) is 30.3 Å². The summed E-state index contributed by atoms with van der Waals surface area (Å²) in [5, 5.41) is 0. The van der Waals surface area contributed by atoms with Crippen molar-refractivity contribution in [3.8, 4) is 0 Å². The number of ether oxygens (including phenoxy) is 1. The second-order valence-corrected chi connectivity index (χ2v) is 4.54. The number of nitrogens with zero attached hydrogens (tertiary/aromatic N) is 1. The average molecular weight is 248 g/mol. The largest absolute Gasteiger partial charge is 0.378 e. The lowest BCUT2D eigenvalue weighted by Crippen LogP contribution is -2.41. The third kappa shape index (κ3) is 3.31. The summed E-state index contributed by atoms with van der Waals surface area (Å²) in [6.07, 6.45) is 0.487. The number of nitrogens with two attached hydrogens (primary N) is 1. The summed E-state index contributed by atoms with van der Waals surface area (Å²) in [6.45, 7) is 3.19. The third-order valence-corrected chi connectivity index (χ3v) is 3.34. The first-order chi connectivity index (χ1) is 8.81. The number of hydrogen-bond donors (Lipinski definition) is 1. The molecule has 0 radical (unpaired) electrons. The van der Waals surface area contributed by atoms with Gasteiger partial charge in [0, 0.05) is 25.4 Å². The molecule has 2 N–H and O–H groups in total. The van der Waals surface area contributed by atoms with Crippen LogP contribution in [-0.2, 0) is 9.53 Å². The monoisotopic (exact) mass is 248 g/mol. The summed E-state index contributed by atoms with van der Waals surface area (Å²) in [6, 6.07) is 10.0. The minimum Gasteiger partial charge on any atom is -0.378 e. The summed E-state index contributed by atoms with van der Waals surface area (Å²) in [5.74, 6) is 0.291. The molecule has 1 saturated heterocycles. The lowest BCUT2D eigenvalue weighted by atomic mass is 9.95. The van der Waals surface area contributed by atoms with Gasteiger partial charge in [0.05, 0.1) is 13.2 Å². The van der Waals surface area contributed by atoms with Crippen molar-refractivity contribution in [1.29, 1.82) is 0 Å². The van der Waals surface area contributed by atoms with E-state index in [0.717, 1.165) is 5.56 Å². The van der Waals surface area contributed by atoms with Gasteiger partial charge in [0.15, 0.2) is 0 Å².